The van der Waals surface area contributed by atoms with Crippen LogP contribution in [-0.4, -0.2) is 69.6 Å². The molecule has 0 bridgehead atoms. The first kappa shape index (κ1) is 39.6. The number of nitrogens with one attached hydrogen (secondary N) is 2. The molecule has 1 aliphatic carbocycles. The Bertz CT molecular complexity index is 1530. The minimum absolute atomic E-state index is 0.103. The fraction of sp³-hybridized carbons (Fsp3) is 0.389. The summed E-state index contributed by atoms with van der Waals surface area (Å²) >= 11 is 6.02. The predicted molar refractivity (Wildman–Crippen MR) is 193 cm³/mol. The summed E-state index contributed by atoms with van der Waals surface area (Å²) in [5.41, 5.74) is 9.90. The number of guanidine groups is 1. The lowest BCUT2D eigenvalue weighted by Gasteiger charge is -2.31. The van der Waals surface area contributed by atoms with Crippen LogP contribution in [0.2, 0.25) is 5.02 Å². The molecule has 12 heteroatoms. The first-order valence-corrected chi connectivity index (χ1v) is 15.9. The summed E-state index contributed by atoms with van der Waals surface area (Å²) in [4.78, 5) is 36.8. The van der Waals surface area contributed by atoms with Gasteiger partial charge < -0.3 is 15.8 Å². The van der Waals surface area contributed by atoms with Crippen molar-refractivity contribution in [1.29, 1.82) is 0 Å². The topological polar surface area (TPSA) is 151 Å². The van der Waals surface area contributed by atoms with Crippen molar-refractivity contribution in [3.05, 3.63) is 101 Å². The number of amides is 2. The number of pyridine rings is 1. The number of nitrogens with two attached hydrogens (primary N) is 1. The van der Waals surface area contributed by atoms with Crippen LogP contribution in [0.5, 0.6) is 0 Å². The maximum absolute atomic E-state index is 13.4. The number of aryl methyl sites for hydroxylation is 1. The Morgan fingerprint density at radius 2 is 1.73 bits per heavy atom. The van der Waals surface area contributed by atoms with Crippen molar-refractivity contribution in [2.24, 2.45) is 16.1 Å². The molecular weight excluding hydrogens is 628 g/mol. The Morgan fingerprint density at radius 1 is 1.10 bits per heavy atom. The van der Waals surface area contributed by atoms with E-state index in [-0.39, 0.29) is 24.0 Å². The van der Waals surface area contributed by atoms with Crippen LogP contribution in [-0.2, 0) is 9.53 Å². The number of methoxy groups -OCH3 is 1. The largest absolute Gasteiger partial charge is 0.382 e. The highest BCUT2D eigenvalue weighted by Crippen LogP contribution is 2.33. The van der Waals surface area contributed by atoms with Gasteiger partial charge in [0, 0.05) is 42.0 Å². The van der Waals surface area contributed by atoms with E-state index >= 15 is 0 Å². The third-order valence-corrected chi connectivity index (χ3v) is 6.87. The molecule has 1 unspecified atom stereocenters. The van der Waals surface area contributed by atoms with Gasteiger partial charge in [-0.2, -0.15) is 5.10 Å². The smallest absolute Gasteiger partial charge is 0.261 e. The number of halogens is 1. The number of aromatic nitrogens is 4. The number of hydrogen-bond acceptors (Lipinski definition) is 7. The Labute approximate surface area is 289 Å². The molecule has 1 saturated carbocycles. The van der Waals surface area contributed by atoms with Gasteiger partial charge in [-0.1, -0.05) is 69.6 Å². The molecule has 48 heavy (non-hydrogen) atoms. The second kappa shape index (κ2) is 19.3. The molecule has 2 heterocycles. The molecule has 258 valence electrons. The number of aromatic amines is 1. The second-order valence-corrected chi connectivity index (χ2v) is 13.4. The zero-order valence-corrected chi connectivity index (χ0v) is 30.0. The Balaban J connectivity index is 0.000000357. The molecule has 1 aliphatic rings. The molecule has 4 aromatic rings. The minimum Gasteiger partial charge on any atom is -0.382 e. The molecule has 2 aromatic heterocycles. The summed E-state index contributed by atoms with van der Waals surface area (Å²) in [5.74, 6) is 0.684. The number of carbonyl (C=O) groups excluding carboxylic acids is 2. The van der Waals surface area contributed by atoms with Crippen LogP contribution in [0, 0.1) is 12.3 Å². The molecule has 2 amide bonds. The molecule has 0 aliphatic heterocycles. The van der Waals surface area contributed by atoms with Gasteiger partial charge in [-0.15, -0.1) is 0 Å². The third-order valence-electron chi connectivity index (χ3n) is 6.62. The van der Waals surface area contributed by atoms with E-state index in [1.54, 1.807) is 44.6 Å². The fourth-order valence-corrected chi connectivity index (χ4v) is 4.00. The Morgan fingerprint density at radius 3 is 2.12 bits per heavy atom. The molecular formula is C36H49ClN8O3. The van der Waals surface area contributed by atoms with Crippen molar-refractivity contribution in [3.63, 3.8) is 0 Å². The maximum atomic E-state index is 13.4. The number of nitrogens with zero attached hydrogens (tertiary/aromatic N) is 5. The summed E-state index contributed by atoms with van der Waals surface area (Å²) < 4.78 is 5.38. The van der Waals surface area contributed by atoms with Crippen molar-refractivity contribution >= 4 is 29.9 Å². The lowest BCUT2D eigenvalue weighted by molar-refractivity contribution is -0.110. The first-order valence-electron chi connectivity index (χ1n) is 15.6. The molecule has 1 fully saturated rings. The van der Waals surface area contributed by atoms with E-state index in [0.29, 0.717) is 16.0 Å². The van der Waals surface area contributed by atoms with Crippen LogP contribution in [0.1, 0.15) is 75.2 Å². The third kappa shape index (κ3) is 14.4. The van der Waals surface area contributed by atoms with Crippen LogP contribution in [0.25, 0.3) is 11.3 Å². The van der Waals surface area contributed by atoms with E-state index in [4.69, 9.17) is 22.1 Å². The van der Waals surface area contributed by atoms with Gasteiger partial charge in [0.05, 0.1) is 18.3 Å². The van der Waals surface area contributed by atoms with Gasteiger partial charge >= 0.3 is 0 Å². The first-order chi connectivity index (χ1) is 22.7. The highest BCUT2D eigenvalue weighted by atomic mass is 35.5. The van der Waals surface area contributed by atoms with Crippen molar-refractivity contribution in [2.45, 2.75) is 66.0 Å². The molecule has 0 radical (unpaired) electrons. The molecule has 1 atom stereocenters. The van der Waals surface area contributed by atoms with E-state index in [9.17, 15) is 9.59 Å². The van der Waals surface area contributed by atoms with Crippen molar-refractivity contribution in [2.75, 3.05) is 20.8 Å². The van der Waals surface area contributed by atoms with Crippen molar-refractivity contribution in [3.8, 4) is 11.3 Å². The molecule has 5 rings (SSSR count). The highest BCUT2D eigenvalue weighted by Gasteiger charge is 2.36. The van der Waals surface area contributed by atoms with Gasteiger partial charge in [0.1, 0.15) is 12.2 Å². The average Bonchev–Trinajstić information content (AvgIpc) is 3.59. The van der Waals surface area contributed by atoms with Gasteiger partial charge in [-0.25, -0.2) is 4.98 Å². The Hall–Kier alpha value is -4.61. The number of hydrogen-bond donors (Lipinski definition) is 3. The van der Waals surface area contributed by atoms with E-state index in [2.05, 4.69) is 58.2 Å². The van der Waals surface area contributed by atoms with Gasteiger partial charge in [-0.3, -0.25) is 29.6 Å². The fourth-order valence-electron chi connectivity index (χ4n) is 3.87. The van der Waals surface area contributed by atoms with E-state index in [1.807, 2.05) is 56.3 Å². The maximum Gasteiger partial charge on any atom is 0.261 e. The van der Waals surface area contributed by atoms with Crippen LogP contribution >= 0.6 is 11.6 Å². The van der Waals surface area contributed by atoms with E-state index in [0.717, 1.165) is 41.9 Å². The summed E-state index contributed by atoms with van der Waals surface area (Å²) in [5, 5.41) is 9.55. The molecule has 4 N–H and O–H groups in total. The summed E-state index contributed by atoms with van der Waals surface area (Å²) in [6.07, 6.45) is 6.27. The minimum atomic E-state index is -0.459. The average molecular weight is 677 g/mol. The number of aliphatic imine (C=N–C) groups is 1. The van der Waals surface area contributed by atoms with Crippen molar-refractivity contribution < 1.29 is 14.3 Å². The van der Waals surface area contributed by atoms with Gasteiger partial charge in [-0.05, 0) is 74.1 Å². The number of rotatable bonds is 8. The van der Waals surface area contributed by atoms with Crippen LogP contribution in [0.3, 0.4) is 0 Å². The summed E-state index contributed by atoms with van der Waals surface area (Å²) in [6, 6.07) is 19.7. The molecule has 0 saturated heterocycles. The molecule has 2 aromatic carbocycles. The van der Waals surface area contributed by atoms with Crippen LogP contribution in [0.4, 0.5) is 0 Å². The van der Waals surface area contributed by atoms with Gasteiger partial charge in [0.25, 0.3) is 5.91 Å². The van der Waals surface area contributed by atoms with Gasteiger partial charge in [0.2, 0.25) is 6.41 Å². The summed E-state index contributed by atoms with van der Waals surface area (Å²) in [6.45, 7) is 12.9. The van der Waals surface area contributed by atoms with Crippen molar-refractivity contribution in [1.82, 2.24) is 30.4 Å². The zero-order valence-electron chi connectivity index (χ0n) is 29.2. The molecule has 0 spiro atoms. The standard InChI is InChI=1S/C23H23ClN4O2.C5H9NO.C5H12.C3H5N3/c1-26-23(25)28(21(15-30-2)17-10-12-19(24)13-11-17)22(29)18-8-6-16(7-9-18)20-5-3-4-14-27-20;1-5(2-3-5)6-4-7;1-5(2,3)4;1-3-4-2-5-6-3/h3-14,21H,15H2,1-2H3,(H2,25,26);4H,2-3H2,1H3,(H,6,7);1-4H3;2H,1H3,(H,4,5,6). The van der Waals surface area contributed by atoms with Gasteiger partial charge in [0.15, 0.2) is 5.96 Å². The van der Waals surface area contributed by atoms with Crippen LogP contribution < -0.4 is 11.1 Å². The second-order valence-electron chi connectivity index (χ2n) is 13.0. The predicted octanol–water partition coefficient (Wildman–Crippen LogP) is 6.63. The monoisotopic (exact) mass is 676 g/mol. The zero-order chi connectivity index (χ0) is 35.7. The number of benzene rings is 2. The normalized spacial score (nSPS) is 13.6. The number of H-pyrrole nitrogens is 1. The highest BCUT2D eigenvalue weighted by molar-refractivity contribution is 6.30. The van der Waals surface area contributed by atoms with E-state index < -0.39 is 6.04 Å². The lowest BCUT2D eigenvalue weighted by atomic mass is 10.0. The van der Waals surface area contributed by atoms with Crippen LogP contribution in [0.15, 0.2) is 84.2 Å². The SMILES string of the molecule is CC(C)(C)C.CC1(NC=O)CC1.CN=C(N)N(C(=O)c1ccc(-c2ccccn2)cc1)C(COC)c1ccc(Cl)cc1.Cc1ncn[nH]1. The quantitative estimate of drug-likeness (QED) is 0.108. The lowest BCUT2D eigenvalue weighted by Crippen LogP contribution is -2.45. The van der Waals surface area contributed by atoms with E-state index in [1.165, 1.54) is 11.2 Å². The Kier molecular flexibility index (Phi) is 15.9. The number of ether oxygens (including phenoxy) is 1. The number of carbonyl (C=O) groups is 2. The molecule has 11 nitrogen and oxygen atoms in total. The summed E-state index contributed by atoms with van der Waals surface area (Å²) in [7, 11) is 3.12.